The van der Waals surface area contributed by atoms with Gasteiger partial charge in [-0.3, -0.25) is 4.79 Å². The number of esters is 2. The highest BCUT2D eigenvalue weighted by Crippen LogP contribution is 2.16. The molecule has 8 heteroatoms. The normalized spacial score (nSPS) is 12.1. The van der Waals surface area contributed by atoms with E-state index in [1.54, 1.807) is 60.7 Å². The minimum absolute atomic E-state index is 0.0810. The van der Waals surface area contributed by atoms with Crippen LogP contribution in [0.15, 0.2) is 84.9 Å². The number of nitrogens with one attached hydrogen (secondary N) is 1. The van der Waals surface area contributed by atoms with Gasteiger partial charge in [0.1, 0.15) is 0 Å². The number of carboxylic acid groups (broad SMARTS) is 1. The standard InChI is InChI=1S/C26H23NO7/c1-2-17-13-15-20(16-14-17)27-23(28)21(33-25(31)18-9-5-3-6-10-18)22(24(29)30)34-26(32)19-11-7-4-8-12-19/h3-16,21-22H,2H2,1H3,(H,27,28)(H,29,30)/t21-,22-/m0/s1. The second kappa shape index (κ2) is 11.4. The monoisotopic (exact) mass is 461 g/mol. The molecule has 1 amide bonds. The topological polar surface area (TPSA) is 119 Å². The van der Waals surface area contributed by atoms with E-state index in [2.05, 4.69) is 5.32 Å². The fraction of sp³-hybridized carbons (Fsp3) is 0.154. The van der Waals surface area contributed by atoms with E-state index in [-0.39, 0.29) is 11.1 Å². The van der Waals surface area contributed by atoms with Crippen LogP contribution in [0, 0.1) is 0 Å². The molecule has 0 aliphatic heterocycles. The molecule has 3 aromatic rings. The Morgan fingerprint density at radius 3 is 1.65 bits per heavy atom. The Hall–Kier alpha value is -4.46. The van der Waals surface area contributed by atoms with Gasteiger partial charge in [0, 0.05) is 5.69 Å². The minimum Gasteiger partial charge on any atom is -0.478 e. The van der Waals surface area contributed by atoms with Crippen molar-refractivity contribution in [1.82, 2.24) is 0 Å². The molecular formula is C26H23NO7. The lowest BCUT2D eigenvalue weighted by Gasteiger charge is -2.23. The highest BCUT2D eigenvalue weighted by Gasteiger charge is 2.41. The van der Waals surface area contributed by atoms with Crippen LogP contribution in [0.4, 0.5) is 5.69 Å². The molecule has 0 aliphatic carbocycles. The maximum Gasteiger partial charge on any atom is 0.349 e. The second-order valence-corrected chi connectivity index (χ2v) is 7.26. The highest BCUT2D eigenvalue weighted by molar-refractivity contribution is 6.01. The molecular weight excluding hydrogens is 438 g/mol. The maximum atomic E-state index is 13.1. The van der Waals surface area contributed by atoms with Crippen molar-refractivity contribution in [1.29, 1.82) is 0 Å². The fourth-order valence-corrected chi connectivity index (χ4v) is 3.05. The van der Waals surface area contributed by atoms with Gasteiger partial charge in [-0.2, -0.15) is 0 Å². The number of anilines is 1. The molecule has 3 rings (SSSR count). The van der Waals surface area contributed by atoms with E-state index in [1.165, 1.54) is 24.3 Å². The molecule has 0 radical (unpaired) electrons. The maximum absolute atomic E-state index is 13.1. The van der Waals surface area contributed by atoms with Crippen molar-refractivity contribution in [2.75, 3.05) is 5.32 Å². The number of aliphatic carboxylic acids is 1. The lowest BCUT2D eigenvalue weighted by atomic mass is 10.1. The number of hydrogen-bond donors (Lipinski definition) is 2. The predicted molar refractivity (Wildman–Crippen MR) is 123 cm³/mol. The van der Waals surface area contributed by atoms with Gasteiger partial charge in [-0.25, -0.2) is 14.4 Å². The molecule has 0 fully saturated rings. The van der Waals surface area contributed by atoms with Gasteiger partial charge in [-0.15, -0.1) is 0 Å². The summed E-state index contributed by atoms with van der Waals surface area (Å²) >= 11 is 0. The summed E-state index contributed by atoms with van der Waals surface area (Å²) in [6.07, 6.45) is -3.25. The first-order valence-corrected chi connectivity index (χ1v) is 10.5. The molecule has 0 saturated heterocycles. The minimum atomic E-state index is -2.09. The zero-order chi connectivity index (χ0) is 24.5. The van der Waals surface area contributed by atoms with E-state index in [1.807, 2.05) is 6.92 Å². The van der Waals surface area contributed by atoms with Crippen molar-refractivity contribution in [2.24, 2.45) is 0 Å². The Labute approximate surface area is 196 Å². The van der Waals surface area contributed by atoms with E-state index in [9.17, 15) is 24.3 Å². The zero-order valence-corrected chi connectivity index (χ0v) is 18.3. The number of carboxylic acids is 1. The summed E-state index contributed by atoms with van der Waals surface area (Å²) in [4.78, 5) is 50.2. The number of benzene rings is 3. The summed E-state index contributed by atoms with van der Waals surface area (Å²) in [5.74, 6) is -4.52. The van der Waals surface area contributed by atoms with Crippen molar-refractivity contribution in [3.8, 4) is 0 Å². The van der Waals surface area contributed by atoms with Gasteiger partial charge < -0.3 is 19.9 Å². The SMILES string of the molecule is CCc1ccc(NC(=O)[C@@H](OC(=O)c2ccccc2)[C@H](OC(=O)c2ccccc2)C(=O)O)cc1. The third kappa shape index (κ3) is 6.29. The van der Waals surface area contributed by atoms with Crippen molar-refractivity contribution in [3.05, 3.63) is 102 Å². The summed E-state index contributed by atoms with van der Waals surface area (Å²) in [5.41, 5.74) is 1.58. The summed E-state index contributed by atoms with van der Waals surface area (Å²) in [5, 5.41) is 12.3. The van der Waals surface area contributed by atoms with Crippen LogP contribution < -0.4 is 5.32 Å². The van der Waals surface area contributed by atoms with Crippen LogP contribution in [0.2, 0.25) is 0 Å². The first-order chi connectivity index (χ1) is 16.4. The molecule has 0 bridgehead atoms. The van der Waals surface area contributed by atoms with Gasteiger partial charge in [-0.05, 0) is 48.4 Å². The van der Waals surface area contributed by atoms with Crippen LogP contribution in [0.25, 0.3) is 0 Å². The van der Waals surface area contributed by atoms with Gasteiger partial charge in [0.2, 0.25) is 12.2 Å². The van der Waals surface area contributed by atoms with Gasteiger partial charge in [0.15, 0.2) is 0 Å². The molecule has 174 valence electrons. The van der Waals surface area contributed by atoms with Crippen LogP contribution >= 0.6 is 0 Å². The predicted octanol–water partition coefficient (Wildman–Crippen LogP) is 3.72. The molecule has 2 atom stereocenters. The number of amides is 1. The number of ether oxygens (including phenoxy) is 2. The molecule has 0 spiro atoms. The van der Waals surface area contributed by atoms with Gasteiger partial charge in [0.25, 0.3) is 5.91 Å². The van der Waals surface area contributed by atoms with Crippen molar-refractivity contribution in [2.45, 2.75) is 25.6 Å². The van der Waals surface area contributed by atoms with Gasteiger partial charge >= 0.3 is 17.9 Å². The highest BCUT2D eigenvalue weighted by atomic mass is 16.6. The molecule has 0 unspecified atom stereocenters. The lowest BCUT2D eigenvalue weighted by molar-refractivity contribution is -0.157. The number of rotatable bonds is 9. The van der Waals surface area contributed by atoms with E-state index in [0.29, 0.717) is 5.69 Å². The Balaban J connectivity index is 1.88. The zero-order valence-electron chi connectivity index (χ0n) is 18.3. The second-order valence-electron chi connectivity index (χ2n) is 7.26. The number of aryl methyl sites for hydroxylation is 1. The number of carbonyl (C=O) groups is 4. The molecule has 0 aromatic heterocycles. The van der Waals surface area contributed by atoms with Gasteiger partial charge in [-0.1, -0.05) is 55.5 Å². The largest absolute Gasteiger partial charge is 0.478 e. The molecule has 8 nitrogen and oxygen atoms in total. The smallest absolute Gasteiger partial charge is 0.349 e. The lowest BCUT2D eigenvalue weighted by Crippen LogP contribution is -2.48. The van der Waals surface area contributed by atoms with E-state index >= 15 is 0 Å². The Morgan fingerprint density at radius 1 is 0.735 bits per heavy atom. The first kappa shape index (κ1) is 24.2. The Morgan fingerprint density at radius 2 is 1.21 bits per heavy atom. The van der Waals surface area contributed by atoms with E-state index in [0.717, 1.165) is 12.0 Å². The molecule has 3 aromatic carbocycles. The van der Waals surface area contributed by atoms with Crippen LogP contribution in [0.3, 0.4) is 0 Å². The Kier molecular flexibility index (Phi) is 8.12. The Bertz CT molecular complexity index is 1140. The quantitative estimate of drug-likeness (QED) is 0.466. The molecule has 0 aliphatic rings. The van der Waals surface area contributed by atoms with E-state index < -0.39 is 36.0 Å². The van der Waals surface area contributed by atoms with Crippen molar-refractivity contribution >= 4 is 29.5 Å². The fourth-order valence-electron chi connectivity index (χ4n) is 3.05. The molecule has 34 heavy (non-hydrogen) atoms. The van der Waals surface area contributed by atoms with Crippen LogP contribution in [-0.4, -0.2) is 41.1 Å². The average Bonchev–Trinajstić information content (AvgIpc) is 2.87. The average molecular weight is 461 g/mol. The van der Waals surface area contributed by atoms with Crippen LogP contribution in [-0.2, 0) is 25.5 Å². The van der Waals surface area contributed by atoms with Crippen molar-refractivity contribution < 1.29 is 33.8 Å². The summed E-state index contributed by atoms with van der Waals surface area (Å²) in [7, 11) is 0. The molecule has 0 heterocycles. The van der Waals surface area contributed by atoms with Crippen LogP contribution in [0.5, 0.6) is 0 Å². The van der Waals surface area contributed by atoms with Gasteiger partial charge in [0.05, 0.1) is 11.1 Å². The molecule has 2 N–H and O–H groups in total. The van der Waals surface area contributed by atoms with Crippen molar-refractivity contribution in [3.63, 3.8) is 0 Å². The summed E-state index contributed by atoms with van der Waals surface area (Å²) in [6, 6.07) is 22.3. The third-order valence-corrected chi connectivity index (χ3v) is 4.89. The number of hydrogen-bond acceptors (Lipinski definition) is 6. The third-order valence-electron chi connectivity index (χ3n) is 4.89. The molecule has 0 saturated carbocycles. The first-order valence-electron chi connectivity index (χ1n) is 10.5. The van der Waals surface area contributed by atoms with E-state index in [4.69, 9.17) is 9.47 Å². The van der Waals surface area contributed by atoms with Crippen LogP contribution in [0.1, 0.15) is 33.2 Å². The number of carbonyl (C=O) groups excluding carboxylic acids is 3. The summed E-state index contributed by atoms with van der Waals surface area (Å²) in [6.45, 7) is 1.98. The summed E-state index contributed by atoms with van der Waals surface area (Å²) < 4.78 is 10.4.